The summed E-state index contributed by atoms with van der Waals surface area (Å²) in [6.07, 6.45) is 0. The number of hydrogen-bond donors (Lipinski definition) is 2. The molecule has 1 aliphatic heterocycles. The highest BCUT2D eigenvalue weighted by Crippen LogP contribution is 2.32. The Kier molecular flexibility index (Phi) is 7.17. The lowest BCUT2D eigenvalue weighted by Crippen LogP contribution is -2.32. The third-order valence-electron chi connectivity index (χ3n) is 5.44. The van der Waals surface area contributed by atoms with Crippen LogP contribution >= 0.6 is 34.8 Å². The van der Waals surface area contributed by atoms with Crippen molar-refractivity contribution in [1.82, 2.24) is 0 Å². The van der Waals surface area contributed by atoms with Crippen LogP contribution < -0.4 is 15.5 Å². The Bertz CT molecular complexity index is 1370. The molecule has 1 aliphatic rings. The number of carbonyl (C=O) groups is 3. The molecule has 0 aliphatic carbocycles. The Hall–Kier alpha value is -3.32. The summed E-state index contributed by atoms with van der Waals surface area (Å²) in [7, 11) is 0. The van der Waals surface area contributed by atoms with Gasteiger partial charge in [-0.2, -0.15) is 0 Å². The zero-order chi connectivity index (χ0) is 25.3. The number of carbonyl (C=O) groups excluding carboxylic acids is 3. The summed E-state index contributed by atoms with van der Waals surface area (Å²) < 4.78 is 0. The molecule has 6 nitrogen and oxygen atoms in total. The predicted octanol–water partition coefficient (Wildman–Crippen LogP) is 6.80. The minimum absolute atomic E-state index is 0.0694. The third kappa shape index (κ3) is 5.05. The molecule has 0 saturated heterocycles. The van der Waals surface area contributed by atoms with E-state index in [1.54, 1.807) is 48.5 Å². The molecule has 0 radical (unpaired) electrons. The van der Waals surface area contributed by atoms with E-state index in [1.807, 2.05) is 12.1 Å². The van der Waals surface area contributed by atoms with Crippen LogP contribution in [-0.4, -0.2) is 17.7 Å². The standard InChI is InChI=1S/C26H20Cl3N3O3/c1-14(2)15-9-11-18(12-10-15)32-25(34)22(29)23(26(32)35)30-17-6-3-5-16(13-17)24(33)31-20-8-4-7-19(27)21(20)28/h3-14,30H,1-2H3,(H,31,33). The van der Waals surface area contributed by atoms with Gasteiger partial charge in [-0.05, 0) is 53.9 Å². The van der Waals surface area contributed by atoms with Crippen LogP contribution in [0.4, 0.5) is 17.1 Å². The van der Waals surface area contributed by atoms with Crippen molar-refractivity contribution in [3.63, 3.8) is 0 Å². The molecule has 0 unspecified atom stereocenters. The maximum atomic E-state index is 13.1. The Morgan fingerprint density at radius 3 is 2.26 bits per heavy atom. The molecule has 9 heteroatoms. The second-order valence-corrected chi connectivity index (χ2v) is 9.31. The summed E-state index contributed by atoms with van der Waals surface area (Å²) in [6.45, 7) is 4.11. The summed E-state index contributed by atoms with van der Waals surface area (Å²) in [6, 6.07) is 18.5. The number of halogens is 3. The second kappa shape index (κ2) is 10.1. The molecule has 35 heavy (non-hydrogen) atoms. The lowest BCUT2D eigenvalue weighted by atomic mass is 10.0. The third-order valence-corrected chi connectivity index (χ3v) is 6.61. The van der Waals surface area contributed by atoms with E-state index in [0.717, 1.165) is 10.5 Å². The lowest BCUT2D eigenvalue weighted by molar-refractivity contribution is -0.120. The molecule has 0 bridgehead atoms. The number of amides is 3. The highest BCUT2D eigenvalue weighted by Gasteiger charge is 2.39. The summed E-state index contributed by atoms with van der Waals surface area (Å²) >= 11 is 18.4. The van der Waals surface area contributed by atoms with Gasteiger partial charge < -0.3 is 10.6 Å². The van der Waals surface area contributed by atoms with Gasteiger partial charge in [0.05, 0.1) is 21.4 Å². The molecular weight excluding hydrogens is 509 g/mol. The normalized spacial score (nSPS) is 13.6. The molecular formula is C26H20Cl3N3O3. The smallest absolute Gasteiger partial charge is 0.283 e. The van der Waals surface area contributed by atoms with Gasteiger partial charge in [0.2, 0.25) is 0 Å². The molecule has 0 spiro atoms. The summed E-state index contributed by atoms with van der Waals surface area (Å²) in [5, 5.41) is 5.90. The van der Waals surface area contributed by atoms with Crippen LogP contribution in [0.3, 0.4) is 0 Å². The largest absolute Gasteiger partial charge is 0.350 e. The molecule has 2 N–H and O–H groups in total. The van der Waals surface area contributed by atoms with Crippen LogP contribution in [0, 0.1) is 0 Å². The summed E-state index contributed by atoms with van der Waals surface area (Å²) in [4.78, 5) is 39.6. The number of benzene rings is 3. The first-order valence-electron chi connectivity index (χ1n) is 10.7. The number of rotatable bonds is 6. The van der Waals surface area contributed by atoms with Gasteiger partial charge in [-0.1, -0.05) is 72.9 Å². The minimum atomic E-state index is -0.624. The molecule has 3 amide bonds. The molecule has 3 aromatic rings. The topological polar surface area (TPSA) is 78.5 Å². The molecule has 1 heterocycles. The first-order valence-corrected chi connectivity index (χ1v) is 11.8. The fourth-order valence-electron chi connectivity index (χ4n) is 3.53. The van der Waals surface area contributed by atoms with E-state index >= 15 is 0 Å². The van der Waals surface area contributed by atoms with Gasteiger partial charge in [0.15, 0.2) is 0 Å². The monoisotopic (exact) mass is 527 g/mol. The zero-order valence-electron chi connectivity index (χ0n) is 18.7. The summed E-state index contributed by atoms with van der Waals surface area (Å²) in [5.74, 6) is -1.33. The van der Waals surface area contributed by atoms with Crippen molar-refractivity contribution in [3.05, 3.63) is 98.6 Å². The van der Waals surface area contributed by atoms with Crippen LogP contribution in [0.5, 0.6) is 0 Å². The maximum Gasteiger partial charge on any atom is 0.283 e. The molecule has 4 rings (SSSR count). The predicted molar refractivity (Wildman–Crippen MR) is 140 cm³/mol. The van der Waals surface area contributed by atoms with E-state index in [2.05, 4.69) is 24.5 Å². The first-order chi connectivity index (χ1) is 16.7. The van der Waals surface area contributed by atoms with Gasteiger partial charge in [-0.15, -0.1) is 0 Å². The average molecular weight is 529 g/mol. The van der Waals surface area contributed by atoms with Crippen LogP contribution in [-0.2, 0) is 9.59 Å². The van der Waals surface area contributed by atoms with Crippen molar-refractivity contribution in [2.24, 2.45) is 0 Å². The lowest BCUT2D eigenvalue weighted by Gasteiger charge is -2.16. The van der Waals surface area contributed by atoms with E-state index in [9.17, 15) is 14.4 Å². The first kappa shape index (κ1) is 24.8. The molecule has 0 fully saturated rings. The van der Waals surface area contributed by atoms with Crippen LogP contribution in [0.2, 0.25) is 10.0 Å². The Labute approximate surface area is 217 Å². The fourth-order valence-corrected chi connectivity index (χ4v) is 4.09. The zero-order valence-corrected chi connectivity index (χ0v) is 21.0. The van der Waals surface area contributed by atoms with Gasteiger partial charge in [0, 0.05) is 11.3 Å². The van der Waals surface area contributed by atoms with Crippen molar-refractivity contribution in [2.45, 2.75) is 19.8 Å². The number of imide groups is 1. The highest BCUT2D eigenvalue weighted by molar-refractivity contribution is 6.53. The molecule has 0 saturated carbocycles. The molecule has 0 aromatic heterocycles. The molecule has 178 valence electrons. The van der Waals surface area contributed by atoms with Crippen LogP contribution in [0.15, 0.2) is 77.5 Å². The molecule has 0 atom stereocenters. The van der Waals surface area contributed by atoms with Gasteiger partial charge in [0.25, 0.3) is 17.7 Å². The molecule has 3 aromatic carbocycles. The number of nitrogens with zero attached hydrogens (tertiary/aromatic N) is 1. The van der Waals surface area contributed by atoms with Crippen LogP contribution in [0.1, 0.15) is 35.7 Å². The summed E-state index contributed by atoms with van der Waals surface area (Å²) in [5.41, 5.74) is 2.50. The quantitative estimate of drug-likeness (QED) is 0.345. The maximum absolute atomic E-state index is 13.1. The van der Waals surface area contributed by atoms with E-state index in [1.165, 1.54) is 6.07 Å². The van der Waals surface area contributed by atoms with E-state index in [-0.39, 0.29) is 15.8 Å². The van der Waals surface area contributed by atoms with Gasteiger partial charge >= 0.3 is 0 Å². The van der Waals surface area contributed by atoms with Crippen LogP contribution in [0.25, 0.3) is 0 Å². The number of anilines is 3. The van der Waals surface area contributed by atoms with E-state index in [0.29, 0.717) is 33.6 Å². The van der Waals surface area contributed by atoms with E-state index in [4.69, 9.17) is 34.8 Å². The van der Waals surface area contributed by atoms with Gasteiger partial charge in [-0.25, -0.2) is 4.90 Å². The Balaban J connectivity index is 1.53. The van der Waals surface area contributed by atoms with Crippen molar-refractivity contribution in [1.29, 1.82) is 0 Å². The van der Waals surface area contributed by atoms with Gasteiger partial charge in [-0.3, -0.25) is 14.4 Å². The second-order valence-electron chi connectivity index (χ2n) is 8.14. The Morgan fingerprint density at radius 2 is 1.57 bits per heavy atom. The fraction of sp³-hybridized carbons (Fsp3) is 0.115. The Morgan fingerprint density at radius 1 is 0.886 bits per heavy atom. The average Bonchev–Trinajstić information content (AvgIpc) is 3.05. The van der Waals surface area contributed by atoms with E-state index < -0.39 is 17.7 Å². The highest BCUT2D eigenvalue weighted by atomic mass is 35.5. The SMILES string of the molecule is CC(C)c1ccc(N2C(=O)C(Cl)=C(Nc3cccc(C(=O)Nc4cccc(Cl)c4Cl)c3)C2=O)cc1. The van der Waals surface area contributed by atoms with Crippen molar-refractivity contribution >= 4 is 69.6 Å². The van der Waals surface area contributed by atoms with Gasteiger partial charge in [0.1, 0.15) is 10.7 Å². The van der Waals surface area contributed by atoms with Crippen molar-refractivity contribution in [3.8, 4) is 0 Å². The van der Waals surface area contributed by atoms with Crippen molar-refractivity contribution in [2.75, 3.05) is 15.5 Å². The number of nitrogens with one attached hydrogen (secondary N) is 2. The van der Waals surface area contributed by atoms with Crippen molar-refractivity contribution < 1.29 is 14.4 Å². The minimum Gasteiger partial charge on any atom is -0.350 e. The number of hydrogen-bond acceptors (Lipinski definition) is 4.